The number of piperidine rings is 1. The summed E-state index contributed by atoms with van der Waals surface area (Å²) in [5, 5.41) is 21.3. The summed E-state index contributed by atoms with van der Waals surface area (Å²) in [6.07, 6.45) is 3.79. The van der Waals surface area contributed by atoms with Crippen LogP contribution in [0.5, 0.6) is 0 Å². The van der Waals surface area contributed by atoms with Gasteiger partial charge in [-0.2, -0.15) is 11.3 Å². The molecular weight excluding hydrogens is 459 g/mol. The maximum Gasteiger partial charge on any atom is 0.191 e. The van der Waals surface area contributed by atoms with Crippen LogP contribution in [0.15, 0.2) is 21.8 Å². The summed E-state index contributed by atoms with van der Waals surface area (Å²) < 4.78 is 0. The van der Waals surface area contributed by atoms with Gasteiger partial charge >= 0.3 is 0 Å². The van der Waals surface area contributed by atoms with Gasteiger partial charge < -0.3 is 20.6 Å². The third kappa shape index (κ3) is 7.70. The second kappa shape index (κ2) is 12.2. The van der Waals surface area contributed by atoms with E-state index in [0.29, 0.717) is 6.54 Å². The van der Waals surface area contributed by atoms with Gasteiger partial charge in [-0.1, -0.05) is 6.92 Å². The predicted molar refractivity (Wildman–Crippen MR) is 123 cm³/mol. The van der Waals surface area contributed by atoms with Crippen molar-refractivity contribution in [1.82, 2.24) is 15.5 Å². The van der Waals surface area contributed by atoms with Gasteiger partial charge in [0.1, 0.15) is 5.60 Å². The van der Waals surface area contributed by atoms with Crippen molar-refractivity contribution in [2.24, 2.45) is 10.9 Å². The third-order valence-corrected chi connectivity index (χ3v) is 5.71. The Hall–Kier alpha value is -0.380. The van der Waals surface area contributed by atoms with Crippen LogP contribution in [0, 0.1) is 5.92 Å². The van der Waals surface area contributed by atoms with Gasteiger partial charge in [-0.3, -0.25) is 0 Å². The Bertz CT molecular complexity index is 514. The van der Waals surface area contributed by atoms with Crippen molar-refractivity contribution in [2.75, 3.05) is 39.3 Å². The minimum absolute atomic E-state index is 0. The average Bonchev–Trinajstić information content (AvgIpc) is 3.16. The molecule has 0 aliphatic carbocycles. The summed E-state index contributed by atoms with van der Waals surface area (Å²) in [5.41, 5.74) is 0.00906. The number of nitrogens with one attached hydrogen (secondary N) is 2. The zero-order valence-corrected chi connectivity index (χ0v) is 19.5. The van der Waals surface area contributed by atoms with Crippen molar-refractivity contribution in [3.63, 3.8) is 0 Å². The summed E-state index contributed by atoms with van der Waals surface area (Å²) >= 11 is 1.60. The molecule has 0 radical (unpaired) electrons. The molecule has 2 heterocycles. The lowest BCUT2D eigenvalue weighted by atomic mass is 9.93. The highest BCUT2D eigenvalue weighted by atomic mass is 127. The van der Waals surface area contributed by atoms with Gasteiger partial charge in [0.15, 0.2) is 5.96 Å². The van der Waals surface area contributed by atoms with Crippen LogP contribution in [0.1, 0.15) is 45.6 Å². The van der Waals surface area contributed by atoms with Crippen LogP contribution in [-0.4, -0.2) is 55.2 Å². The van der Waals surface area contributed by atoms with E-state index in [4.69, 9.17) is 0 Å². The molecule has 7 heteroatoms. The number of hydrogen-bond donors (Lipinski definition) is 3. The molecule has 26 heavy (non-hydrogen) atoms. The molecule has 2 rings (SSSR count). The highest BCUT2D eigenvalue weighted by molar-refractivity contribution is 14.0. The van der Waals surface area contributed by atoms with Gasteiger partial charge in [-0.25, -0.2) is 4.99 Å². The van der Waals surface area contributed by atoms with E-state index in [0.717, 1.165) is 30.5 Å². The molecule has 0 saturated carbocycles. The number of halogens is 1. The van der Waals surface area contributed by atoms with Gasteiger partial charge in [0.25, 0.3) is 0 Å². The van der Waals surface area contributed by atoms with Crippen molar-refractivity contribution in [3.05, 3.63) is 22.4 Å². The largest absolute Gasteiger partial charge is 0.383 e. The molecular formula is C19H35IN4OS. The fourth-order valence-electron chi connectivity index (χ4n) is 3.22. The number of likely N-dealkylation sites (tertiary alicyclic amines) is 1. The molecule has 1 aromatic rings. The molecule has 1 aromatic heterocycles. The zero-order valence-electron chi connectivity index (χ0n) is 16.3. The summed E-state index contributed by atoms with van der Waals surface area (Å²) in [4.78, 5) is 7.12. The lowest BCUT2D eigenvalue weighted by molar-refractivity contribution is 0.0677. The van der Waals surface area contributed by atoms with E-state index < -0.39 is 5.60 Å². The Morgan fingerprint density at radius 2 is 2.08 bits per heavy atom. The fraction of sp³-hybridized carbons (Fsp3) is 0.737. The van der Waals surface area contributed by atoms with Crippen LogP contribution in [0.3, 0.4) is 0 Å². The normalized spacial score (nSPS) is 18.8. The Balaban J connectivity index is 0.00000338. The monoisotopic (exact) mass is 494 g/mol. The standard InChI is InChI=1S/C19H34N4OS.HI/c1-4-20-18(22-15-19(3,24)17-9-13-25-14-17)21-10-6-16-7-11-23(5-2)12-8-16;/h9,13-14,16,24H,4-8,10-12,15H2,1-3H3,(H2,20,21,22);1H. The Morgan fingerprint density at radius 1 is 1.35 bits per heavy atom. The summed E-state index contributed by atoms with van der Waals surface area (Å²) in [5.74, 6) is 1.61. The molecule has 3 N–H and O–H groups in total. The molecule has 0 bridgehead atoms. The highest BCUT2D eigenvalue weighted by Gasteiger charge is 2.23. The first kappa shape index (κ1) is 23.7. The van der Waals surface area contributed by atoms with Gasteiger partial charge in [0.05, 0.1) is 6.54 Å². The summed E-state index contributed by atoms with van der Waals surface area (Å²) in [6, 6.07) is 1.96. The van der Waals surface area contributed by atoms with Crippen LogP contribution in [0.2, 0.25) is 0 Å². The number of aliphatic imine (C=N–C) groups is 1. The lowest BCUT2D eigenvalue weighted by Gasteiger charge is -2.31. The van der Waals surface area contributed by atoms with Crippen LogP contribution in [-0.2, 0) is 5.60 Å². The van der Waals surface area contributed by atoms with Crippen molar-refractivity contribution >= 4 is 41.3 Å². The highest BCUT2D eigenvalue weighted by Crippen LogP contribution is 2.23. The van der Waals surface area contributed by atoms with E-state index in [1.165, 1.54) is 38.9 Å². The number of hydrogen-bond acceptors (Lipinski definition) is 4. The molecule has 150 valence electrons. The van der Waals surface area contributed by atoms with Gasteiger partial charge in [-0.05, 0) is 81.1 Å². The smallest absolute Gasteiger partial charge is 0.191 e. The van der Waals surface area contributed by atoms with Crippen molar-refractivity contribution < 1.29 is 5.11 Å². The summed E-state index contributed by atoms with van der Waals surface area (Å²) in [7, 11) is 0. The average molecular weight is 494 g/mol. The number of nitrogens with zero attached hydrogens (tertiary/aromatic N) is 2. The van der Waals surface area contributed by atoms with Crippen LogP contribution in [0.25, 0.3) is 0 Å². The molecule has 1 unspecified atom stereocenters. The van der Waals surface area contributed by atoms with E-state index in [-0.39, 0.29) is 24.0 Å². The molecule has 1 fully saturated rings. The van der Waals surface area contributed by atoms with E-state index in [9.17, 15) is 5.11 Å². The van der Waals surface area contributed by atoms with E-state index in [2.05, 4.69) is 34.4 Å². The second-order valence-electron chi connectivity index (χ2n) is 7.07. The van der Waals surface area contributed by atoms with Crippen molar-refractivity contribution in [3.8, 4) is 0 Å². The quantitative estimate of drug-likeness (QED) is 0.295. The molecule has 0 amide bonds. The molecule has 1 aliphatic heterocycles. The lowest BCUT2D eigenvalue weighted by Crippen LogP contribution is -2.40. The second-order valence-corrected chi connectivity index (χ2v) is 7.85. The van der Waals surface area contributed by atoms with Gasteiger partial charge in [0, 0.05) is 13.1 Å². The molecule has 0 aromatic carbocycles. The Morgan fingerprint density at radius 3 is 2.65 bits per heavy atom. The first-order valence-corrected chi connectivity index (χ1v) is 10.5. The van der Waals surface area contributed by atoms with E-state index in [1.54, 1.807) is 11.3 Å². The molecule has 1 aliphatic rings. The predicted octanol–water partition coefficient (Wildman–Crippen LogP) is 3.25. The van der Waals surface area contributed by atoms with Crippen LogP contribution in [0.4, 0.5) is 0 Å². The minimum Gasteiger partial charge on any atom is -0.383 e. The Kier molecular flexibility index (Phi) is 11.1. The third-order valence-electron chi connectivity index (χ3n) is 5.03. The zero-order chi connectivity index (χ0) is 18.1. The number of rotatable bonds is 8. The number of aliphatic hydroxyl groups is 1. The van der Waals surface area contributed by atoms with Crippen LogP contribution < -0.4 is 10.6 Å². The van der Waals surface area contributed by atoms with Gasteiger partial charge in [0.2, 0.25) is 0 Å². The molecule has 1 saturated heterocycles. The Labute approximate surface area is 179 Å². The maximum atomic E-state index is 10.6. The van der Waals surface area contributed by atoms with Gasteiger partial charge in [-0.15, -0.1) is 24.0 Å². The SMILES string of the molecule is CCNC(=NCC(C)(O)c1ccsc1)NCCC1CCN(CC)CC1.I. The molecule has 0 spiro atoms. The number of guanidine groups is 1. The molecule has 5 nitrogen and oxygen atoms in total. The maximum absolute atomic E-state index is 10.6. The molecule has 1 atom stereocenters. The fourth-order valence-corrected chi connectivity index (χ4v) is 4.01. The first-order valence-electron chi connectivity index (χ1n) is 9.54. The van der Waals surface area contributed by atoms with Crippen molar-refractivity contribution in [2.45, 2.75) is 45.6 Å². The topological polar surface area (TPSA) is 59.9 Å². The minimum atomic E-state index is -0.921. The number of thiophene rings is 1. The van der Waals surface area contributed by atoms with E-state index >= 15 is 0 Å². The van der Waals surface area contributed by atoms with Crippen molar-refractivity contribution in [1.29, 1.82) is 0 Å². The summed E-state index contributed by atoms with van der Waals surface area (Å²) in [6.45, 7) is 11.9. The van der Waals surface area contributed by atoms with Crippen LogP contribution >= 0.6 is 35.3 Å². The van der Waals surface area contributed by atoms with E-state index in [1.807, 2.05) is 23.8 Å². The first-order chi connectivity index (χ1) is 12.0.